The molecule has 35 heavy (non-hydrogen) atoms. The first-order valence-corrected chi connectivity index (χ1v) is 13.7. The molecule has 206 valence electrons. The number of quaternary nitrogens is 1. The summed E-state index contributed by atoms with van der Waals surface area (Å²) in [5.74, 6) is -0.700. The number of likely N-dealkylation sites (N-methyl/N-ethyl adjacent to an activating group) is 1. The maximum atomic E-state index is 11.7. The number of rotatable bonds is 23. The molecule has 0 N–H and O–H groups in total. The van der Waals surface area contributed by atoms with Crippen molar-refractivity contribution in [3.8, 4) is 0 Å². The number of ether oxygens (including phenoxy) is 2. The Bertz CT molecular complexity index is 559. The minimum atomic E-state index is -0.350. The van der Waals surface area contributed by atoms with Gasteiger partial charge in [0, 0.05) is 11.1 Å². The van der Waals surface area contributed by atoms with Crippen molar-refractivity contribution in [3.05, 3.63) is 24.3 Å². The summed E-state index contributed by atoms with van der Waals surface area (Å²) < 4.78 is 11.3. The van der Waals surface area contributed by atoms with Crippen molar-refractivity contribution in [2.45, 2.75) is 111 Å². The summed E-state index contributed by atoms with van der Waals surface area (Å²) in [5.41, 5.74) is 0.827. The summed E-state index contributed by atoms with van der Waals surface area (Å²) in [4.78, 5) is 23.4. The Morgan fingerprint density at radius 1 is 0.600 bits per heavy atom. The van der Waals surface area contributed by atoms with E-state index in [2.05, 4.69) is 27.1 Å². The largest absolute Gasteiger partial charge is 1.00 e. The van der Waals surface area contributed by atoms with E-state index in [0.29, 0.717) is 41.9 Å². The van der Waals surface area contributed by atoms with Gasteiger partial charge in [-0.1, -0.05) is 97.1 Å². The van der Waals surface area contributed by atoms with Crippen LogP contribution in [0.1, 0.15) is 111 Å². The molecule has 0 saturated heterocycles. The minimum Gasteiger partial charge on any atom is -1.00 e. The second-order valence-corrected chi connectivity index (χ2v) is 10.2. The molecule has 0 aliphatic carbocycles. The van der Waals surface area contributed by atoms with Crippen LogP contribution in [0.4, 0.5) is 0 Å². The number of carbonyl (C=O) groups is 2. The predicted octanol–water partition coefficient (Wildman–Crippen LogP) is 4.16. The van der Waals surface area contributed by atoms with Crippen molar-refractivity contribution in [2.24, 2.45) is 0 Å². The Kier molecular flexibility index (Phi) is 23.9. The van der Waals surface area contributed by atoms with Gasteiger partial charge in [-0.05, 0) is 26.7 Å². The third-order valence-electron chi connectivity index (χ3n) is 6.48. The lowest BCUT2D eigenvalue weighted by Crippen LogP contribution is -3.00. The highest BCUT2D eigenvalue weighted by Crippen LogP contribution is 2.14. The number of hydrogen-bond acceptors (Lipinski definition) is 4. The van der Waals surface area contributed by atoms with Gasteiger partial charge in [0.05, 0.1) is 13.6 Å². The molecular formula is C29H54BrNO4. The van der Waals surface area contributed by atoms with Crippen LogP contribution in [0.5, 0.6) is 0 Å². The number of esters is 2. The Morgan fingerprint density at radius 2 is 0.914 bits per heavy atom. The molecule has 0 aromatic rings. The Labute approximate surface area is 227 Å². The van der Waals surface area contributed by atoms with Gasteiger partial charge < -0.3 is 30.9 Å². The molecule has 0 unspecified atom stereocenters. The predicted molar refractivity (Wildman–Crippen MR) is 143 cm³/mol. The van der Waals surface area contributed by atoms with Gasteiger partial charge in [0.25, 0.3) is 0 Å². The van der Waals surface area contributed by atoms with Crippen LogP contribution in [0.2, 0.25) is 0 Å². The maximum absolute atomic E-state index is 11.7. The van der Waals surface area contributed by atoms with Crippen LogP contribution in [0.15, 0.2) is 24.3 Å². The van der Waals surface area contributed by atoms with Crippen LogP contribution < -0.4 is 17.0 Å². The molecule has 6 heteroatoms. The van der Waals surface area contributed by atoms with Gasteiger partial charge in [-0.3, -0.25) is 0 Å². The summed E-state index contributed by atoms with van der Waals surface area (Å²) in [6.07, 6.45) is 18.8. The molecule has 0 saturated carbocycles. The second kappa shape index (κ2) is 23.3. The summed E-state index contributed by atoms with van der Waals surface area (Å²) >= 11 is 0. The van der Waals surface area contributed by atoms with E-state index in [-0.39, 0.29) is 28.9 Å². The summed E-state index contributed by atoms with van der Waals surface area (Å²) in [7, 11) is 2.14. The highest BCUT2D eigenvalue weighted by molar-refractivity contribution is 5.87. The molecule has 0 rings (SSSR count). The Balaban J connectivity index is 0. The topological polar surface area (TPSA) is 52.6 Å². The van der Waals surface area contributed by atoms with E-state index in [1.807, 2.05) is 0 Å². The molecule has 0 aliphatic heterocycles. The monoisotopic (exact) mass is 559 g/mol. The zero-order valence-corrected chi connectivity index (χ0v) is 24.9. The lowest BCUT2D eigenvalue weighted by atomic mass is 10.0. The van der Waals surface area contributed by atoms with Gasteiger partial charge >= 0.3 is 11.9 Å². The van der Waals surface area contributed by atoms with Crippen LogP contribution in [-0.4, -0.2) is 56.3 Å². The molecule has 0 amide bonds. The van der Waals surface area contributed by atoms with Crippen molar-refractivity contribution in [1.82, 2.24) is 0 Å². The van der Waals surface area contributed by atoms with E-state index in [4.69, 9.17) is 9.47 Å². The zero-order valence-electron chi connectivity index (χ0n) is 23.3. The summed E-state index contributed by atoms with van der Waals surface area (Å²) in [5, 5.41) is 0. The lowest BCUT2D eigenvalue weighted by Gasteiger charge is -2.34. The van der Waals surface area contributed by atoms with Crippen molar-refractivity contribution >= 4 is 11.9 Å². The average Bonchev–Trinajstić information content (AvgIpc) is 2.79. The van der Waals surface area contributed by atoms with Crippen molar-refractivity contribution in [1.29, 1.82) is 0 Å². The SMILES string of the molecule is C=C(C)C(=O)OCC[N+](C)(CCCCCCCCCCCCCCCC)CCOC(=O)C(=C)C.[Br-]. The smallest absolute Gasteiger partial charge is 0.333 e. The standard InChI is InChI=1S/C29H54NO4.BrH/c1-7-8-9-10-11-12-13-14-15-16-17-18-19-20-21-30(6,22-24-33-28(31)26(2)3)23-25-34-29(32)27(4)5;/h2,4,7-25H2,1,3,5-6H3;1H/q+1;/p-1. The van der Waals surface area contributed by atoms with E-state index < -0.39 is 0 Å². The molecule has 0 fully saturated rings. The van der Waals surface area contributed by atoms with E-state index in [1.165, 1.54) is 83.5 Å². The van der Waals surface area contributed by atoms with Crippen molar-refractivity contribution in [2.75, 3.05) is 39.9 Å². The van der Waals surface area contributed by atoms with Gasteiger partial charge in [0.15, 0.2) is 0 Å². The lowest BCUT2D eigenvalue weighted by molar-refractivity contribution is -0.910. The third kappa shape index (κ3) is 21.8. The van der Waals surface area contributed by atoms with E-state index in [1.54, 1.807) is 13.8 Å². The molecule has 0 atom stereocenters. The fourth-order valence-electron chi connectivity index (χ4n) is 3.99. The number of carbonyl (C=O) groups excluding carboxylic acids is 2. The Hall–Kier alpha value is -1.14. The molecule has 0 aromatic carbocycles. The van der Waals surface area contributed by atoms with Crippen molar-refractivity contribution < 1.29 is 40.5 Å². The average molecular weight is 561 g/mol. The first-order chi connectivity index (χ1) is 16.2. The van der Waals surface area contributed by atoms with E-state index in [0.717, 1.165) is 13.0 Å². The summed E-state index contributed by atoms with van der Waals surface area (Å²) in [6, 6.07) is 0. The van der Waals surface area contributed by atoms with Gasteiger partial charge in [-0.25, -0.2) is 9.59 Å². The molecule has 0 aliphatic rings. The summed E-state index contributed by atoms with van der Waals surface area (Å²) in [6.45, 7) is 15.9. The number of unbranched alkanes of at least 4 members (excludes halogenated alkanes) is 13. The molecular weight excluding hydrogens is 506 g/mol. The second-order valence-electron chi connectivity index (χ2n) is 10.2. The zero-order chi connectivity index (χ0) is 25.7. The maximum Gasteiger partial charge on any atom is 0.333 e. The first-order valence-electron chi connectivity index (χ1n) is 13.7. The molecule has 0 radical (unpaired) electrons. The van der Waals surface area contributed by atoms with E-state index in [9.17, 15) is 9.59 Å². The Morgan fingerprint density at radius 3 is 1.23 bits per heavy atom. The number of hydrogen-bond donors (Lipinski definition) is 0. The van der Waals surface area contributed by atoms with E-state index >= 15 is 0 Å². The highest BCUT2D eigenvalue weighted by Gasteiger charge is 2.22. The van der Waals surface area contributed by atoms with Gasteiger partial charge in [0.2, 0.25) is 0 Å². The molecule has 0 aromatic heterocycles. The fraction of sp³-hybridized carbons (Fsp3) is 0.793. The number of nitrogens with zero attached hydrogens (tertiary/aromatic N) is 1. The molecule has 0 bridgehead atoms. The molecule has 0 heterocycles. The third-order valence-corrected chi connectivity index (χ3v) is 6.48. The molecule has 0 spiro atoms. The van der Waals surface area contributed by atoms with Crippen LogP contribution >= 0.6 is 0 Å². The van der Waals surface area contributed by atoms with Crippen LogP contribution in [-0.2, 0) is 19.1 Å². The minimum absolute atomic E-state index is 0. The van der Waals surface area contributed by atoms with Crippen LogP contribution in [0.25, 0.3) is 0 Å². The highest BCUT2D eigenvalue weighted by atomic mass is 79.9. The normalized spacial score (nSPS) is 11.0. The van der Waals surface area contributed by atoms with Gasteiger partial charge in [-0.2, -0.15) is 0 Å². The van der Waals surface area contributed by atoms with Gasteiger partial charge in [0.1, 0.15) is 26.3 Å². The van der Waals surface area contributed by atoms with Crippen LogP contribution in [0.3, 0.4) is 0 Å². The quantitative estimate of drug-likeness (QED) is 0.0816. The number of halogens is 1. The fourth-order valence-corrected chi connectivity index (χ4v) is 3.99. The van der Waals surface area contributed by atoms with Crippen molar-refractivity contribution in [3.63, 3.8) is 0 Å². The van der Waals surface area contributed by atoms with Gasteiger partial charge in [-0.15, -0.1) is 0 Å². The molecule has 5 nitrogen and oxygen atoms in total. The van der Waals surface area contributed by atoms with Crippen LogP contribution in [0, 0.1) is 0 Å². The first kappa shape index (κ1) is 36.0.